The Morgan fingerprint density at radius 2 is 1.84 bits per heavy atom. The molecule has 0 saturated heterocycles. The van der Waals surface area contributed by atoms with Crippen molar-refractivity contribution in [2.45, 2.75) is 37.5 Å². The second-order valence-electron chi connectivity index (χ2n) is 4.96. The summed E-state index contributed by atoms with van der Waals surface area (Å²) in [5, 5.41) is 9.59. The Kier molecular flexibility index (Phi) is 4.67. The van der Waals surface area contributed by atoms with Crippen molar-refractivity contribution in [1.82, 2.24) is 0 Å². The summed E-state index contributed by atoms with van der Waals surface area (Å²) in [5.41, 5.74) is 5.00. The monoisotopic (exact) mass is 272 g/mol. The molecule has 0 amide bonds. The van der Waals surface area contributed by atoms with E-state index in [0.29, 0.717) is 0 Å². The molecule has 0 heterocycles. The van der Waals surface area contributed by atoms with Gasteiger partial charge >= 0.3 is 0 Å². The summed E-state index contributed by atoms with van der Waals surface area (Å²) in [5.74, 6) is 0.963. The van der Waals surface area contributed by atoms with E-state index in [2.05, 4.69) is 44.2 Å². The number of benzene rings is 2. The van der Waals surface area contributed by atoms with Gasteiger partial charge in [0.05, 0.1) is 6.10 Å². The van der Waals surface area contributed by atoms with Crippen molar-refractivity contribution in [3.63, 3.8) is 0 Å². The van der Waals surface area contributed by atoms with Crippen LogP contribution in [0.1, 0.15) is 35.3 Å². The van der Waals surface area contributed by atoms with Crippen molar-refractivity contribution in [1.29, 1.82) is 0 Å². The van der Waals surface area contributed by atoms with Crippen LogP contribution in [0.3, 0.4) is 0 Å². The van der Waals surface area contributed by atoms with Gasteiger partial charge < -0.3 is 5.11 Å². The van der Waals surface area contributed by atoms with E-state index in [1.807, 2.05) is 23.9 Å². The van der Waals surface area contributed by atoms with E-state index in [1.54, 1.807) is 6.92 Å². The minimum atomic E-state index is -0.401. The number of rotatable bonds is 4. The normalized spacial score (nSPS) is 12.4. The maximum Gasteiger partial charge on any atom is 0.0762 e. The van der Waals surface area contributed by atoms with Crippen LogP contribution in [0.5, 0.6) is 0 Å². The highest BCUT2D eigenvalue weighted by Crippen LogP contribution is 2.26. The fourth-order valence-corrected chi connectivity index (χ4v) is 2.83. The maximum absolute atomic E-state index is 9.59. The Hall–Kier alpha value is -1.25. The number of hydrogen-bond acceptors (Lipinski definition) is 2. The quantitative estimate of drug-likeness (QED) is 0.818. The molecule has 0 spiro atoms. The van der Waals surface area contributed by atoms with E-state index < -0.39 is 6.10 Å². The van der Waals surface area contributed by atoms with Gasteiger partial charge in [0.2, 0.25) is 0 Å². The number of aliphatic hydroxyl groups excluding tert-OH is 1. The maximum atomic E-state index is 9.59. The zero-order chi connectivity index (χ0) is 13.8. The van der Waals surface area contributed by atoms with Gasteiger partial charge in [0.25, 0.3) is 0 Å². The largest absolute Gasteiger partial charge is 0.389 e. The second kappa shape index (κ2) is 6.27. The predicted octanol–water partition coefficient (Wildman–Crippen LogP) is 4.65. The highest BCUT2D eigenvalue weighted by Gasteiger charge is 2.03. The van der Waals surface area contributed by atoms with Crippen LogP contribution in [0.25, 0.3) is 0 Å². The summed E-state index contributed by atoms with van der Waals surface area (Å²) in [6.07, 6.45) is -0.401. The van der Waals surface area contributed by atoms with Gasteiger partial charge in [0, 0.05) is 10.6 Å². The standard InChI is InChI=1S/C17H20OS/c1-12-7-8-15(9-13(12)2)11-19-17-6-4-5-16(10-17)14(3)18/h4-10,14,18H,11H2,1-3H3. The van der Waals surface area contributed by atoms with Crippen LogP contribution in [0, 0.1) is 13.8 Å². The molecule has 0 aliphatic heterocycles. The van der Waals surface area contributed by atoms with Crippen LogP contribution in [0.15, 0.2) is 47.4 Å². The third kappa shape index (κ3) is 3.85. The Morgan fingerprint density at radius 3 is 2.53 bits per heavy atom. The molecule has 2 rings (SSSR count). The first-order valence-corrected chi connectivity index (χ1v) is 7.52. The zero-order valence-electron chi connectivity index (χ0n) is 11.7. The summed E-state index contributed by atoms with van der Waals surface area (Å²) in [6.45, 7) is 6.09. The van der Waals surface area contributed by atoms with Crippen molar-refractivity contribution in [2.75, 3.05) is 0 Å². The van der Waals surface area contributed by atoms with Gasteiger partial charge in [-0.3, -0.25) is 0 Å². The molecule has 2 aromatic rings. The van der Waals surface area contributed by atoms with Crippen LogP contribution in [-0.4, -0.2) is 5.11 Å². The van der Waals surface area contributed by atoms with Crippen molar-refractivity contribution in [3.05, 3.63) is 64.7 Å². The first kappa shape index (κ1) is 14.2. The molecule has 1 N–H and O–H groups in total. The third-order valence-electron chi connectivity index (χ3n) is 3.32. The third-order valence-corrected chi connectivity index (χ3v) is 4.38. The summed E-state index contributed by atoms with van der Waals surface area (Å²) in [6, 6.07) is 14.7. The Morgan fingerprint density at radius 1 is 1.05 bits per heavy atom. The predicted molar refractivity (Wildman–Crippen MR) is 82.6 cm³/mol. The lowest BCUT2D eigenvalue weighted by Gasteiger charge is -2.08. The molecule has 0 radical (unpaired) electrons. The van der Waals surface area contributed by atoms with Gasteiger partial charge in [-0.15, -0.1) is 11.8 Å². The molecule has 1 unspecified atom stereocenters. The van der Waals surface area contributed by atoms with Gasteiger partial charge in [0.1, 0.15) is 0 Å². The smallest absolute Gasteiger partial charge is 0.0762 e. The molecule has 1 atom stereocenters. The molecular weight excluding hydrogens is 252 g/mol. The van der Waals surface area contributed by atoms with E-state index >= 15 is 0 Å². The minimum Gasteiger partial charge on any atom is -0.389 e. The molecule has 0 aliphatic carbocycles. The van der Waals surface area contributed by atoms with Gasteiger partial charge in [-0.1, -0.05) is 30.3 Å². The summed E-state index contributed by atoms with van der Waals surface area (Å²) < 4.78 is 0. The molecule has 19 heavy (non-hydrogen) atoms. The zero-order valence-corrected chi connectivity index (χ0v) is 12.5. The van der Waals surface area contributed by atoms with Gasteiger partial charge in [-0.25, -0.2) is 0 Å². The van der Waals surface area contributed by atoms with Crippen molar-refractivity contribution >= 4 is 11.8 Å². The van der Waals surface area contributed by atoms with Crippen LogP contribution in [0.2, 0.25) is 0 Å². The Labute approximate surface area is 119 Å². The number of aryl methyl sites for hydroxylation is 2. The first-order valence-electron chi connectivity index (χ1n) is 6.53. The van der Waals surface area contributed by atoms with E-state index in [1.165, 1.54) is 21.6 Å². The molecule has 0 aliphatic rings. The van der Waals surface area contributed by atoms with Crippen LogP contribution in [-0.2, 0) is 5.75 Å². The molecule has 0 fully saturated rings. The summed E-state index contributed by atoms with van der Waals surface area (Å²) in [7, 11) is 0. The Bertz CT molecular complexity index is 561. The molecule has 0 aromatic heterocycles. The number of thioether (sulfide) groups is 1. The van der Waals surface area contributed by atoms with E-state index in [-0.39, 0.29) is 0 Å². The highest BCUT2D eigenvalue weighted by molar-refractivity contribution is 7.98. The van der Waals surface area contributed by atoms with Crippen LogP contribution in [0.4, 0.5) is 0 Å². The topological polar surface area (TPSA) is 20.2 Å². The van der Waals surface area contributed by atoms with Crippen LogP contribution < -0.4 is 0 Å². The number of hydrogen-bond donors (Lipinski definition) is 1. The second-order valence-corrected chi connectivity index (χ2v) is 6.00. The fourth-order valence-electron chi connectivity index (χ4n) is 1.92. The van der Waals surface area contributed by atoms with Gasteiger partial charge in [0.15, 0.2) is 0 Å². The number of aliphatic hydroxyl groups is 1. The summed E-state index contributed by atoms with van der Waals surface area (Å²) >= 11 is 1.81. The SMILES string of the molecule is Cc1ccc(CSc2cccc(C(C)O)c2)cc1C. The lowest BCUT2D eigenvalue weighted by atomic mass is 10.1. The molecule has 1 nitrogen and oxygen atoms in total. The van der Waals surface area contributed by atoms with E-state index in [4.69, 9.17) is 0 Å². The average Bonchev–Trinajstić information content (AvgIpc) is 2.40. The molecule has 2 aromatic carbocycles. The fraction of sp³-hybridized carbons (Fsp3) is 0.294. The highest BCUT2D eigenvalue weighted by atomic mass is 32.2. The molecule has 100 valence electrons. The summed E-state index contributed by atoms with van der Waals surface area (Å²) in [4.78, 5) is 1.21. The van der Waals surface area contributed by atoms with Crippen LogP contribution >= 0.6 is 11.8 Å². The molecular formula is C17H20OS. The minimum absolute atomic E-state index is 0.401. The van der Waals surface area contributed by atoms with Crippen molar-refractivity contribution in [2.24, 2.45) is 0 Å². The Balaban J connectivity index is 2.05. The first-order chi connectivity index (χ1) is 9.06. The van der Waals surface area contributed by atoms with Gasteiger partial charge in [-0.05, 0) is 55.2 Å². The average molecular weight is 272 g/mol. The lowest BCUT2D eigenvalue weighted by molar-refractivity contribution is 0.199. The van der Waals surface area contributed by atoms with Gasteiger partial charge in [-0.2, -0.15) is 0 Å². The lowest BCUT2D eigenvalue weighted by Crippen LogP contribution is -1.90. The van der Waals surface area contributed by atoms with Crippen molar-refractivity contribution in [3.8, 4) is 0 Å². The van der Waals surface area contributed by atoms with E-state index in [9.17, 15) is 5.11 Å². The molecule has 2 heteroatoms. The van der Waals surface area contributed by atoms with Crippen molar-refractivity contribution < 1.29 is 5.11 Å². The molecule has 0 saturated carbocycles. The molecule has 0 bridgehead atoms. The van der Waals surface area contributed by atoms with E-state index in [0.717, 1.165) is 11.3 Å².